The molecule has 1 fully saturated rings. The zero-order valence-electron chi connectivity index (χ0n) is 18.5. The average Bonchev–Trinajstić information content (AvgIpc) is 2.94. The van der Waals surface area contributed by atoms with Gasteiger partial charge < -0.3 is 14.4 Å². The van der Waals surface area contributed by atoms with Crippen LogP contribution in [0, 0.1) is 12.8 Å². The van der Waals surface area contributed by atoms with E-state index < -0.39 is 0 Å². The van der Waals surface area contributed by atoms with Gasteiger partial charge in [-0.25, -0.2) is 9.97 Å². The number of hydrogen-bond donors (Lipinski definition) is 0. The van der Waals surface area contributed by atoms with Gasteiger partial charge in [0.2, 0.25) is 5.91 Å². The Kier molecular flexibility index (Phi) is 6.06. The molecular weight excluding hydrogens is 378 g/mol. The topological polar surface area (TPSA) is 71.3 Å². The van der Waals surface area contributed by atoms with Crippen LogP contribution in [0.1, 0.15) is 67.8 Å². The zero-order chi connectivity index (χ0) is 21.3. The highest BCUT2D eigenvalue weighted by atomic mass is 16.2. The number of imidazole rings is 1. The van der Waals surface area contributed by atoms with Crippen molar-refractivity contribution in [3.05, 3.63) is 23.1 Å². The third-order valence-corrected chi connectivity index (χ3v) is 6.63. The fourth-order valence-corrected chi connectivity index (χ4v) is 4.87. The molecule has 0 aliphatic carbocycles. The van der Waals surface area contributed by atoms with Crippen LogP contribution < -0.4 is 0 Å². The predicted molar refractivity (Wildman–Crippen MR) is 116 cm³/mol. The van der Waals surface area contributed by atoms with Crippen molar-refractivity contribution in [2.45, 2.75) is 65.8 Å². The number of piperidine rings is 1. The van der Waals surface area contributed by atoms with Crippen molar-refractivity contribution in [1.29, 1.82) is 0 Å². The minimum Gasteiger partial charge on any atom is -0.343 e. The van der Waals surface area contributed by atoms with Gasteiger partial charge in [0.15, 0.2) is 5.65 Å². The molecule has 7 nitrogen and oxygen atoms in total. The number of likely N-dealkylation sites (tertiary alicyclic amines) is 1. The van der Waals surface area contributed by atoms with Gasteiger partial charge in [-0.2, -0.15) is 0 Å². The van der Waals surface area contributed by atoms with E-state index in [-0.39, 0.29) is 17.7 Å². The predicted octanol–water partition coefficient (Wildman–Crippen LogP) is 3.19. The molecule has 0 atom stereocenters. The molecule has 4 heterocycles. The fraction of sp³-hybridized carbons (Fsp3) is 0.652. The Balaban J connectivity index is 1.55. The molecule has 30 heavy (non-hydrogen) atoms. The minimum absolute atomic E-state index is 0.0208. The maximum atomic E-state index is 13.4. The molecule has 2 aliphatic rings. The van der Waals surface area contributed by atoms with E-state index in [0.717, 1.165) is 74.4 Å². The van der Waals surface area contributed by atoms with Gasteiger partial charge in [-0.15, -0.1) is 0 Å². The van der Waals surface area contributed by atoms with E-state index in [1.165, 1.54) is 6.42 Å². The molecule has 0 radical (unpaired) electrons. The van der Waals surface area contributed by atoms with Crippen LogP contribution in [-0.4, -0.2) is 62.3 Å². The highest BCUT2D eigenvalue weighted by Crippen LogP contribution is 2.27. The number of pyridine rings is 1. The number of amides is 2. The first-order valence-electron chi connectivity index (χ1n) is 11.5. The first-order chi connectivity index (χ1) is 14.5. The van der Waals surface area contributed by atoms with Gasteiger partial charge in [-0.05, 0) is 52.5 Å². The summed E-state index contributed by atoms with van der Waals surface area (Å²) in [6.45, 7) is 9.63. The van der Waals surface area contributed by atoms with E-state index in [0.29, 0.717) is 18.7 Å². The van der Waals surface area contributed by atoms with Gasteiger partial charge in [0, 0.05) is 50.8 Å². The largest absolute Gasteiger partial charge is 0.343 e. The minimum atomic E-state index is 0.0208. The van der Waals surface area contributed by atoms with E-state index >= 15 is 0 Å². The normalized spacial score (nSPS) is 17.6. The highest BCUT2D eigenvalue weighted by Gasteiger charge is 2.31. The Labute approximate surface area is 178 Å². The number of aromatic nitrogens is 3. The van der Waals surface area contributed by atoms with Gasteiger partial charge in [0.1, 0.15) is 11.3 Å². The lowest BCUT2D eigenvalue weighted by atomic mass is 9.94. The third-order valence-electron chi connectivity index (χ3n) is 6.63. The lowest BCUT2D eigenvalue weighted by Gasteiger charge is -2.33. The Hall–Kier alpha value is -2.44. The summed E-state index contributed by atoms with van der Waals surface area (Å²) in [4.78, 5) is 39.5. The van der Waals surface area contributed by atoms with Crippen molar-refractivity contribution in [3.63, 3.8) is 0 Å². The van der Waals surface area contributed by atoms with Gasteiger partial charge >= 0.3 is 0 Å². The number of nitrogens with zero attached hydrogens (tertiary/aromatic N) is 5. The number of hydrogen-bond acceptors (Lipinski definition) is 4. The summed E-state index contributed by atoms with van der Waals surface area (Å²) in [5.74, 6) is 1.33. The van der Waals surface area contributed by atoms with Crippen LogP contribution in [0.5, 0.6) is 0 Å². The smallest absolute Gasteiger partial charge is 0.256 e. The van der Waals surface area contributed by atoms with E-state index in [1.54, 1.807) is 0 Å². The first-order valence-corrected chi connectivity index (χ1v) is 11.5. The fourth-order valence-electron chi connectivity index (χ4n) is 4.87. The number of aryl methyl sites for hydroxylation is 3. The molecule has 162 valence electrons. The van der Waals surface area contributed by atoms with E-state index in [9.17, 15) is 9.59 Å². The van der Waals surface area contributed by atoms with E-state index in [2.05, 4.69) is 4.57 Å². The number of fused-ring (bicyclic) bond motifs is 3. The second-order valence-electron chi connectivity index (χ2n) is 8.55. The average molecular weight is 412 g/mol. The van der Waals surface area contributed by atoms with Crippen molar-refractivity contribution in [3.8, 4) is 0 Å². The summed E-state index contributed by atoms with van der Waals surface area (Å²) >= 11 is 0. The van der Waals surface area contributed by atoms with Crippen molar-refractivity contribution in [2.75, 3.05) is 26.2 Å². The monoisotopic (exact) mass is 411 g/mol. The summed E-state index contributed by atoms with van der Waals surface area (Å²) < 4.78 is 2.21. The van der Waals surface area contributed by atoms with Crippen LogP contribution in [-0.2, 0) is 17.8 Å². The molecule has 0 bridgehead atoms. The molecule has 0 N–H and O–H groups in total. The van der Waals surface area contributed by atoms with Gasteiger partial charge in [-0.3, -0.25) is 9.59 Å². The molecule has 7 heteroatoms. The van der Waals surface area contributed by atoms with Crippen LogP contribution in [0.4, 0.5) is 0 Å². The SMILES string of the molecule is CCN(CC)C(=O)C1CCN(C(=O)c2cc(C)nc3c2nc2n3CCCCC2)CC1. The van der Waals surface area contributed by atoms with Crippen molar-refractivity contribution in [2.24, 2.45) is 5.92 Å². The highest BCUT2D eigenvalue weighted by molar-refractivity contribution is 6.04. The second kappa shape index (κ2) is 8.74. The summed E-state index contributed by atoms with van der Waals surface area (Å²) in [5.41, 5.74) is 3.10. The first kappa shape index (κ1) is 20.8. The van der Waals surface area contributed by atoms with Crippen LogP contribution in [0.15, 0.2) is 6.07 Å². The maximum Gasteiger partial charge on any atom is 0.256 e. The Morgan fingerprint density at radius 2 is 1.80 bits per heavy atom. The number of carbonyl (C=O) groups is 2. The van der Waals surface area contributed by atoms with Crippen molar-refractivity contribution in [1.82, 2.24) is 24.3 Å². The van der Waals surface area contributed by atoms with Crippen molar-refractivity contribution >= 4 is 23.0 Å². The van der Waals surface area contributed by atoms with Crippen LogP contribution >= 0.6 is 0 Å². The molecule has 0 saturated carbocycles. The Bertz CT molecular complexity index is 939. The molecule has 0 unspecified atom stereocenters. The molecular formula is C23H33N5O2. The van der Waals surface area contributed by atoms with Crippen LogP contribution in [0.3, 0.4) is 0 Å². The quantitative estimate of drug-likeness (QED) is 0.775. The van der Waals surface area contributed by atoms with Crippen molar-refractivity contribution < 1.29 is 9.59 Å². The third kappa shape index (κ3) is 3.82. The second-order valence-corrected chi connectivity index (χ2v) is 8.55. The molecule has 1 saturated heterocycles. The molecule has 2 aliphatic heterocycles. The lowest BCUT2D eigenvalue weighted by molar-refractivity contribution is -0.136. The maximum absolute atomic E-state index is 13.4. The molecule has 2 aromatic heterocycles. The Morgan fingerprint density at radius 3 is 2.50 bits per heavy atom. The summed E-state index contributed by atoms with van der Waals surface area (Å²) in [6.07, 6.45) is 5.89. The zero-order valence-corrected chi connectivity index (χ0v) is 18.5. The number of rotatable bonds is 4. The van der Waals surface area contributed by atoms with Gasteiger partial charge in [0.05, 0.1) is 5.56 Å². The Morgan fingerprint density at radius 1 is 1.07 bits per heavy atom. The summed E-state index contributed by atoms with van der Waals surface area (Å²) in [5, 5.41) is 0. The van der Waals surface area contributed by atoms with Crippen LogP contribution in [0.2, 0.25) is 0 Å². The summed E-state index contributed by atoms with van der Waals surface area (Å²) in [7, 11) is 0. The summed E-state index contributed by atoms with van der Waals surface area (Å²) in [6, 6.07) is 1.88. The lowest BCUT2D eigenvalue weighted by Crippen LogP contribution is -2.44. The number of carbonyl (C=O) groups excluding carboxylic acids is 2. The molecule has 2 amide bonds. The molecule has 0 aromatic carbocycles. The molecule has 0 spiro atoms. The van der Waals surface area contributed by atoms with Gasteiger partial charge in [0.25, 0.3) is 5.91 Å². The van der Waals surface area contributed by atoms with E-state index in [1.807, 2.05) is 36.6 Å². The molecule has 2 aromatic rings. The van der Waals surface area contributed by atoms with E-state index in [4.69, 9.17) is 9.97 Å². The standard InChI is InChI=1S/C23H33N5O2/c1-4-26(5-2)22(29)17-10-13-27(14-11-17)23(30)18-15-16(3)24-21-20(18)25-19-9-7-6-8-12-28(19)21/h15,17H,4-14H2,1-3H3. The van der Waals surface area contributed by atoms with Crippen LogP contribution in [0.25, 0.3) is 11.2 Å². The van der Waals surface area contributed by atoms with Gasteiger partial charge in [-0.1, -0.05) is 6.42 Å². The molecule has 4 rings (SSSR count).